The first-order valence-corrected chi connectivity index (χ1v) is 8.55. The molecule has 114 valence electrons. The van der Waals surface area contributed by atoms with E-state index < -0.39 is 0 Å². The molecule has 2 aromatic heterocycles. The second-order valence-corrected chi connectivity index (χ2v) is 8.10. The molecule has 0 fully saturated rings. The van der Waals surface area contributed by atoms with Crippen molar-refractivity contribution < 1.29 is 0 Å². The van der Waals surface area contributed by atoms with Gasteiger partial charge in [0.1, 0.15) is 5.01 Å². The second-order valence-electron chi connectivity index (χ2n) is 7.21. The lowest BCUT2D eigenvalue weighted by atomic mass is 9.74. The van der Waals surface area contributed by atoms with E-state index in [9.17, 15) is 0 Å². The number of aromatic nitrogens is 2. The van der Waals surface area contributed by atoms with Crippen molar-refractivity contribution in [3.05, 3.63) is 39.1 Å². The summed E-state index contributed by atoms with van der Waals surface area (Å²) in [4.78, 5) is 4.68. The molecule has 0 aromatic carbocycles. The van der Waals surface area contributed by atoms with E-state index in [1.54, 1.807) is 11.3 Å². The molecule has 2 aromatic rings. The molecule has 0 saturated carbocycles. The molecule has 21 heavy (non-hydrogen) atoms. The monoisotopic (exact) mass is 303 g/mol. The Labute approximate surface area is 131 Å². The Morgan fingerprint density at radius 2 is 2.14 bits per heavy atom. The van der Waals surface area contributed by atoms with Crippen LogP contribution in [0.15, 0.2) is 11.4 Å². The van der Waals surface area contributed by atoms with Gasteiger partial charge in [-0.1, -0.05) is 13.8 Å². The predicted octanol–water partition coefficient (Wildman–Crippen LogP) is 4.14. The normalized spacial score (nSPS) is 22.1. The van der Waals surface area contributed by atoms with E-state index in [1.165, 1.54) is 22.0 Å². The maximum atomic E-state index is 6.42. The van der Waals surface area contributed by atoms with Gasteiger partial charge in [0.15, 0.2) is 0 Å². The third-order valence-corrected chi connectivity index (χ3v) is 5.70. The Morgan fingerprint density at radius 3 is 2.76 bits per heavy atom. The topological polar surface area (TPSA) is 43.8 Å². The van der Waals surface area contributed by atoms with Gasteiger partial charge in [-0.2, -0.15) is 0 Å². The second kappa shape index (κ2) is 4.96. The minimum absolute atomic E-state index is 0.161. The third-order valence-electron chi connectivity index (χ3n) is 4.57. The van der Waals surface area contributed by atoms with Crippen molar-refractivity contribution in [3.8, 4) is 0 Å². The molecule has 4 heteroatoms. The zero-order chi connectivity index (χ0) is 15.4. The van der Waals surface area contributed by atoms with Crippen molar-refractivity contribution in [3.63, 3.8) is 0 Å². The maximum absolute atomic E-state index is 6.42. The number of hydrogen-bond acceptors (Lipinski definition) is 3. The first-order chi connectivity index (χ1) is 9.78. The summed E-state index contributed by atoms with van der Waals surface area (Å²) in [6, 6.07) is 2.73. The predicted molar refractivity (Wildman–Crippen MR) is 88.9 cm³/mol. The Bertz CT molecular complexity index is 666. The number of nitrogens with zero attached hydrogens (tertiary/aromatic N) is 2. The van der Waals surface area contributed by atoms with Crippen molar-refractivity contribution in [2.75, 3.05) is 0 Å². The van der Waals surface area contributed by atoms with Gasteiger partial charge < -0.3 is 10.3 Å². The fraction of sp³-hybridized carbons (Fsp3) is 0.588. The number of aryl methyl sites for hydroxylation is 2. The van der Waals surface area contributed by atoms with E-state index >= 15 is 0 Å². The van der Waals surface area contributed by atoms with E-state index in [4.69, 9.17) is 5.73 Å². The van der Waals surface area contributed by atoms with E-state index in [-0.39, 0.29) is 17.5 Å². The summed E-state index contributed by atoms with van der Waals surface area (Å²) in [6.07, 6.45) is 2.16. The lowest BCUT2D eigenvalue weighted by molar-refractivity contribution is 0.273. The van der Waals surface area contributed by atoms with Crippen LogP contribution in [0.4, 0.5) is 0 Å². The quantitative estimate of drug-likeness (QED) is 0.906. The third kappa shape index (κ3) is 2.55. The highest BCUT2D eigenvalue weighted by atomic mass is 32.1. The molecular weight excluding hydrogens is 278 g/mol. The first-order valence-electron chi connectivity index (χ1n) is 7.67. The molecule has 2 atom stereocenters. The van der Waals surface area contributed by atoms with E-state index in [0.29, 0.717) is 0 Å². The van der Waals surface area contributed by atoms with Crippen LogP contribution in [0.3, 0.4) is 0 Å². The number of thiazole rings is 1. The number of fused-ring (bicyclic) bond motifs is 1. The van der Waals surface area contributed by atoms with Crippen LogP contribution in [0.25, 0.3) is 0 Å². The lowest BCUT2D eigenvalue weighted by Crippen LogP contribution is -2.31. The molecule has 2 heterocycles. The van der Waals surface area contributed by atoms with Crippen LogP contribution in [-0.4, -0.2) is 9.55 Å². The standard InChI is InChI=1S/C17H25N3S/c1-10-9-21-16(19-10)12(3)20-11(2)6-13-14(18)7-17(4,5)8-15(13)20/h6,9,12,14H,7-8,18H2,1-5H3. The van der Waals surface area contributed by atoms with Crippen LogP contribution in [0, 0.1) is 19.3 Å². The first kappa shape index (κ1) is 14.8. The van der Waals surface area contributed by atoms with E-state index in [0.717, 1.165) is 18.5 Å². The summed E-state index contributed by atoms with van der Waals surface area (Å²) in [7, 11) is 0. The summed E-state index contributed by atoms with van der Waals surface area (Å²) in [5, 5.41) is 3.32. The highest BCUT2D eigenvalue weighted by molar-refractivity contribution is 7.09. The Balaban J connectivity index is 2.08. The Kier molecular flexibility index (Phi) is 3.49. The maximum Gasteiger partial charge on any atom is 0.115 e. The summed E-state index contributed by atoms with van der Waals surface area (Å²) in [5.41, 5.74) is 11.9. The SMILES string of the molecule is Cc1csc(C(C)n2c(C)cc3c2CC(C)(C)CC3N)n1. The molecular formula is C17H25N3S. The fourth-order valence-electron chi connectivity index (χ4n) is 3.68. The van der Waals surface area contributed by atoms with Gasteiger partial charge in [-0.15, -0.1) is 11.3 Å². The number of nitrogens with two attached hydrogens (primary N) is 1. The number of hydrogen-bond donors (Lipinski definition) is 1. The molecule has 0 saturated heterocycles. The molecule has 0 aliphatic heterocycles. The molecule has 0 spiro atoms. The van der Waals surface area contributed by atoms with Gasteiger partial charge in [0, 0.05) is 28.5 Å². The van der Waals surface area contributed by atoms with Crippen LogP contribution in [-0.2, 0) is 6.42 Å². The van der Waals surface area contributed by atoms with Gasteiger partial charge in [-0.3, -0.25) is 0 Å². The highest BCUT2D eigenvalue weighted by Crippen LogP contribution is 2.42. The average Bonchev–Trinajstić information content (AvgIpc) is 2.91. The van der Waals surface area contributed by atoms with Gasteiger partial charge in [0.25, 0.3) is 0 Å². The lowest BCUT2D eigenvalue weighted by Gasteiger charge is -2.35. The molecule has 1 aliphatic carbocycles. The summed E-state index contributed by atoms with van der Waals surface area (Å²) in [5.74, 6) is 0. The smallest absolute Gasteiger partial charge is 0.115 e. The Morgan fingerprint density at radius 1 is 1.43 bits per heavy atom. The van der Waals surface area contributed by atoms with E-state index in [1.807, 2.05) is 0 Å². The van der Waals surface area contributed by atoms with Gasteiger partial charge >= 0.3 is 0 Å². The van der Waals surface area contributed by atoms with Crippen molar-refractivity contribution in [1.82, 2.24) is 9.55 Å². The van der Waals surface area contributed by atoms with Crippen LogP contribution in [0.5, 0.6) is 0 Å². The minimum atomic E-state index is 0.161. The highest BCUT2D eigenvalue weighted by Gasteiger charge is 2.34. The summed E-state index contributed by atoms with van der Waals surface area (Å²) >= 11 is 1.75. The molecule has 2 unspecified atom stereocenters. The molecule has 3 nitrogen and oxygen atoms in total. The molecule has 2 N–H and O–H groups in total. The van der Waals surface area contributed by atoms with Crippen LogP contribution < -0.4 is 5.73 Å². The van der Waals surface area contributed by atoms with Gasteiger partial charge in [0.2, 0.25) is 0 Å². The largest absolute Gasteiger partial charge is 0.339 e. The Hall–Kier alpha value is -1.13. The summed E-state index contributed by atoms with van der Waals surface area (Å²) < 4.78 is 2.45. The average molecular weight is 303 g/mol. The van der Waals surface area contributed by atoms with Crippen molar-refractivity contribution in [2.45, 2.75) is 59.5 Å². The zero-order valence-corrected chi connectivity index (χ0v) is 14.4. The molecule has 0 radical (unpaired) electrons. The van der Waals surface area contributed by atoms with Crippen molar-refractivity contribution in [1.29, 1.82) is 0 Å². The minimum Gasteiger partial charge on any atom is -0.339 e. The molecule has 0 bridgehead atoms. The molecule has 0 amide bonds. The molecule has 3 rings (SSSR count). The van der Waals surface area contributed by atoms with Crippen LogP contribution in [0.1, 0.15) is 66.9 Å². The summed E-state index contributed by atoms with van der Waals surface area (Å²) in [6.45, 7) is 11.1. The van der Waals surface area contributed by atoms with Crippen molar-refractivity contribution >= 4 is 11.3 Å². The van der Waals surface area contributed by atoms with Gasteiger partial charge in [-0.05, 0) is 50.7 Å². The van der Waals surface area contributed by atoms with Gasteiger partial charge in [0.05, 0.1) is 6.04 Å². The fourth-order valence-corrected chi connectivity index (χ4v) is 4.53. The number of rotatable bonds is 2. The van der Waals surface area contributed by atoms with Crippen LogP contribution in [0.2, 0.25) is 0 Å². The molecule has 1 aliphatic rings. The van der Waals surface area contributed by atoms with Gasteiger partial charge in [-0.25, -0.2) is 4.98 Å². The zero-order valence-electron chi connectivity index (χ0n) is 13.6. The van der Waals surface area contributed by atoms with E-state index in [2.05, 4.69) is 55.6 Å². The van der Waals surface area contributed by atoms with Crippen LogP contribution >= 0.6 is 11.3 Å². The van der Waals surface area contributed by atoms with Crippen molar-refractivity contribution in [2.24, 2.45) is 11.1 Å².